The van der Waals surface area contributed by atoms with Gasteiger partial charge in [-0.3, -0.25) is 4.21 Å². The van der Waals surface area contributed by atoms with Gasteiger partial charge in [-0.15, -0.1) is 0 Å². The predicted octanol–water partition coefficient (Wildman–Crippen LogP) is 1.79. The minimum atomic E-state index is -0.856. The molecule has 0 bridgehead atoms. The molecule has 1 saturated carbocycles. The largest absolute Gasteiger partial charge is 0.316 e. The third-order valence-corrected chi connectivity index (χ3v) is 4.36. The van der Waals surface area contributed by atoms with E-state index in [2.05, 4.69) is 5.32 Å². The molecule has 15 heavy (non-hydrogen) atoms. The Kier molecular flexibility index (Phi) is 3.54. The van der Waals surface area contributed by atoms with Gasteiger partial charge < -0.3 is 5.32 Å². The van der Waals surface area contributed by atoms with Gasteiger partial charge in [0, 0.05) is 16.7 Å². The molecule has 0 aliphatic heterocycles. The second-order valence-electron chi connectivity index (χ2n) is 4.06. The van der Waals surface area contributed by atoms with Crippen molar-refractivity contribution in [3.63, 3.8) is 0 Å². The third kappa shape index (κ3) is 2.89. The van der Waals surface area contributed by atoms with Crippen molar-refractivity contribution in [2.75, 3.05) is 12.8 Å². The lowest BCUT2D eigenvalue weighted by molar-refractivity contribution is 0.546. The highest BCUT2D eigenvalue weighted by atomic mass is 32.2. The number of rotatable bonds is 5. The maximum Gasteiger partial charge on any atom is 0.0545 e. The molecule has 1 N–H and O–H groups in total. The molecule has 0 spiro atoms. The minimum absolute atomic E-state index is 0.422. The van der Waals surface area contributed by atoms with Crippen LogP contribution in [-0.4, -0.2) is 23.1 Å². The Labute approximate surface area is 93.5 Å². The van der Waals surface area contributed by atoms with Crippen LogP contribution in [0.15, 0.2) is 35.2 Å². The van der Waals surface area contributed by atoms with E-state index in [9.17, 15) is 4.21 Å². The second kappa shape index (κ2) is 4.90. The van der Waals surface area contributed by atoms with Gasteiger partial charge in [0.05, 0.1) is 10.8 Å². The van der Waals surface area contributed by atoms with E-state index >= 15 is 0 Å². The van der Waals surface area contributed by atoms with E-state index in [4.69, 9.17) is 0 Å². The summed E-state index contributed by atoms with van der Waals surface area (Å²) in [6, 6.07) is 10.1. The van der Waals surface area contributed by atoms with Crippen LogP contribution < -0.4 is 5.32 Å². The Morgan fingerprint density at radius 3 is 2.60 bits per heavy atom. The summed E-state index contributed by atoms with van der Waals surface area (Å²) in [5, 5.41) is 3.27. The molecule has 0 heterocycles. The van der Waals surface area contributed by atoms with Crippen molar-refractivity contribution in [1.29, 1.82) is 0 Å². The highest BCUT2D eigenvalue weighted by Gasteiger charge is 2.31. The average Bonchev–Trinajstić information content (AvgIpc) is 3.10. The summed E-state index contributed by atoms with van der Waals surface area (Å²) in [6.07, 6.45) is 2.58. The number of hydrogen-bond acceptors (Lipinski definition) is 2. The van der Waals surface area contributed by atoms with Crippen LogP contribution in [0.1, 0.15) is 12.8 Å². The lowest BCUT2D eigenvalue weighted by Crippen LogP contribution is -2.33. The molecule has 3 heteroatoms. The van der Waals surface area contributed by atoms with Crippen LogP contribution in [0.25, 0.3) is 0 Å². The maximum absolute atomic E-state index is 12.0. The third-order valence-electron chi connectivity index (χ3n) is 2.90. The number of hydrogen-bond donors (Lipinski definition) is 1. The van der Waals surface area contributed by atoms with Crippen molar-refractivity contribution in [3.8, 4) is 0 Å². The first-order chi connectivity index (χ1) is 7.31. The lowest BCUT2D eigenvalue weighted by atomic mass is 10.2. The maximum atomic E-state index is 12.0. The Morgan fingerprint density at radius 1 is 1.40 bits per heavy atom. The van der Waals surface area contributed by atoms with Gasteiger partial charge >= 0.3 is 0 Å². The van der Waals surface area contributed by atoms with Crippen LogP contribution in [0.4, 0.5) is 0 Å². The summed E-state index contributed by atoms with van der Waals surface area (Å²) in [5.41, 5.74) is 0. The van der Waals surface area contributed by atoms with Crippen LogP contribution in [0.5, 0.6) is 0 Å². The summed E-state index contributed by atoms with van der Waals surface area (Å²) < 4.78 is 12.0. The van der Waals surface area contributed by atoms with Crippen molar-refractivity contribution >= 4 is 10.8 Å². The van der Waals surface area contributed by atoms with Crippen LogP contribution in [-0.2, 0) is 10.8 Å². The summed E-state index contributed by atoms with van der Waals surface area (Å²) in [6.45, 7) is 0. The Morgan fingerprint density at radius 2 is 2.07 bits per heavy atom. The molecule has 2 nitrogen and oxygen atoms in total. The Balaban J connectivity index is 1.96. The first-order valence-electron chi connectivity index (χ1n) is 5.42. The Hall–Kier alpha value is -0.670. The van der Waals surface area contributed by atoms with Gasteiger partial charge in [0.2, 0.25) is 0 Å². The molecule has 0 aromatic heterocycles. The number of benzene rings is 1. The highest BCUT2D eigenvalue weighted by molar-refractivity contribution is 7.85. The van der Waals surface area contributed by atoms with Crippen molar-refractivity contribution in [2.45, 2.75) is 23.8 Å². The van der Waals surface area contributed by atoms with E-state index < -0.39 is 10.8 Å². The van der Waals surface area contributed by atoms with Crippen LogP contribution in [0.2, 0.25) is 0 Å². The van der Waals surface area contributed by atoms with Crippen LogP contribution in [0.3, 0.4) is 0 Å². The zero-order chi connectivity index (χ0) is 10.7. The van der Waals surface area contributed by atoms with Crippen molar-refractivity contribution in [3.05, 3.63) is 30.3 Å². The van der Waals surface area contributed by atoms with Gasteiger partial charge in [-0.1, -0.05) is 18.2 Å². The van der Waals surface area contributed by atoms with Crippen molar-refractivity contribution < 1.29 is 4.21 Å². The van der Waals surface area contributed by atoms with Crippen molar-refractivity contribution in [1.82, 2.24) is 5.32 Å². The monoisotopic (exact) mass is 223 g/mol. The normalized spacial score (nSPS) is 19.8. The minimum Gasteiger partial charge on any atom is -0.316 e. The molecular formula is C12H17NOS. The van der Waals surface area contributed by atoms with Crippen LogP contribution >= 0.6 is 0 Å². The molecule has 1 aliphatic carbocycles. The first kappa shape index (κ1) is 10.8. The molecule has 2 unspecified atom stereocenters. The molecule has 0 amide bonds. The predicted molar refractivity (Wildman–Crippen MR) is 63.3 cm³/mol. The molecule has 1 fully saturated rings. The summed E-state index contributed by atoms with van der Waals surface area (Å²) in [5.74, 6) is 1.49. The molecule has 1 aromatic carbocycles. The zero-order valence-electron chi connectivity index (χ0n) is 8.98. The van der Waals surface area contributed by atoms with Gasteiger partial charge in [0.25, 0.3) is 0 Å². The molecule has 1 aromatic rings. The van der Waals surface area contributed by atoms with E-state index in [-0.39, 0.29) is 0 Å². The summed E-state index contributed by atoms with van der Waals surface area (Å²) in [4.78, 5) is 0.943. The highest BCUT2D eigenvalue weighted by Crippen LogP contribution is 2.33. The van der Waals surface area contributed by atoms with E-state index in [1.165, 1.54) is 12.8 Å². The lowest BCUT2D eigenvalue weighted by Gasteiger charge is -2.14. The summed E-state index contributed by atoms with van der Waals surface area (Å²) >= 11 is 0. The zero-order valence-corrected chi connectivity index (χ0v) is 9.80. The molecule has 0 saturated heterocycles. The molecular weight excluding hydrogens is 206 g/mol. The molecule has 2 atom stereocenters. The van der Waals surface area contributed by atoms with E-state index in [1.54, 1.807) is 0 Å². The standard InChI is InChI=1S/C12H17NOS/c1-13-12(10-7-8-10)9-15(14)11-5-3-2-4-6-11/h2-6,10,12-13H,7-9H2,1H3. The van der Waals surface area contributed by atoms with Crippen molar-refractivity contribution in [2.24, 2.45) is 5.92 Å². The fraction of sp³-hybridized carbons (Fsp3) is 0.500. The fourth-order valence-corrected chi connectivity index (χ4v) is 3.20. The van der Waals surface area contributed by atoms with Gasteiger partial charge in [0.1, 0.15) is 0 Å². The van der Waals surface area contributed by atoms with Gasteiger partial charge in [-0.2, -0.15) is 0 Å². The van der Waals surface area contributed by atoms with E-state index in [1.807, 2.05) is 37.4 Å². The molecule has 0 radical (unpaired) electrons. The fourth-order valence-electron chi connectivity index (χ4n) is 1.79. The van der Waals surface area contributed by atoms with E-state index in [0.29, 0.717) is 6.04 Å². The quantitative estimate of drug-likeness (QED) is 0.824. The first-order valence-corrected chi connectivity index (χ1v) is 6.74. The summed E-state index contributed by atoms with van der Waals surface area (Å²) in [7, 11) is 1.11. The number of nitrogens with one attached hydrogen (secondary N) is 1. The van der Waals surface area contributed by atoms with Crippen LogP contribution in [0, 0.1) is 5.92 Å². The molecule has 2 rings (SSSR count). The van der Waals surface area contributed by atoms with Gasteiger partial charge in [-0.25, -0.2) is 0 Å². The Bertz CT molecular complexity index is 335. The molecule has 82 valence electrons. The smallest absolute Gasteiger partial charge is 0.0545 e. The van der Waals surface area contributed by atoms with Gasteiger partial charge in [0.15, 0.2) is 0 Å². The SMILES string of the molecule is CNC(CS(=O)c1ccccc1)C1CC1. The average molecular weight is 223 g/mol. The van der Waals surface area contributed by atoms with Gasteiger partial charge in [-0.05, 0) is 37.9 Å². The van der Waals surface area contributed by atoms with E-state index in [0.717, 1.165) is 16.6 Å². The molecule has 1 aliphatic rings. The topological polar surface area (TPSA) is 29.1 Å². The second-order valence-corrected chi connectivity index (χ2v) is 5.55.